The third kappa shape index (κ3) is 2.76. The maximum Gasteiger partial charge on any atom is 0.455 e. The van der Waals surface area contributed by atoms with E-state index in [0.717, 1.165) is 4.68 Å². The van der Waals surface area contributed by atoms with E-state index in [1.807, 2.05) is 0 Å². The molecule has 0 unspecified atom stereocenters. The second-order valence-corrected chi connectivity index (χ2v) is 5.03. The Labute approximate surface area is 134 Å². The number of carbonyl (C=O) groups is 1. The second kappa shape index (κ2) is 5.84. The highest BCUT2D eigenvalue weighted by atomic mass is 19.4. The van der Waals surface area contributed by atoms with Gasteiger partial charge in [0.05, 0.1) is 11.4 Å². The van der Waals surface area contributed by atoms with Crippen LogP contribution in [0, 0.1) is 0 Å². The first-order valence-electron chi connectivity index (χ1n) is 6.97. The van der Waals surface area contributed by atoms with Gasteiger partial charge in [-0.2, -0.15) is 13.2 Å². The van der Waals surface area contributed by atoms with Crippen molar-refractivity contribution < 1.29 is 18.0 Å². The number of alkyl halides is 3. The molecule has 0 spiro atoms. The van der Waals surface area contributed by atoms with E-state index in [0.29, 0.717) is 11.3 Å². The van der Waals surface area contributed by atoms with E-state index in [4.69, 9.17) is 0 Å². The zero-order valence-corrected chi connectivity index (χ0v) is 12.2. The van der Waals surface area contributed by atoms with Gasteiger partial charge in [-0.05, 0) is 12.1 Å². The van der Waals surface area contributed by atoms with Crippen LogP contribution in [0.2, 0.25) is 0 Å². The molecule has 0 saturated carbocycles. The summed E-state index contributed by atoms with van der Waals surface area (Å²) in [4.78, 5) is 24.2. The average Bonchev–Trinajstić information content (AvgIpc) is 2.92. The molecule has 2 aromatic carbocycles. The number of nitrogens with one attached hydrogen (secondary N) is 1. The lowest BCUT2D eigenvalue weighted by atomic mass is 10.0. The van der Waals surface area contributed by atoms with Crippen molar-refractivity contribution in [1.29, 1.82) is 0 Å². The topological polar surface area (TPSA) is 54.9 Å². The van der Waals surface area contributed by atoms with Crippen molar-refractivity contribution in [1.82, 2.24) is 9.78 Å². The fourth-order valence-corrected chi connectivity index (χ4v) is 2.36. The number of nitrogens with zero attached hydrogens (tertiary/aromatic N) is 1. The molecule has 0 aliphatic heterocycles. The molecule has 1 N–H and O–H groups in total. The molecule has 122 valence electrons. The SMILES string of the molecule is O=C(c1c(-c2ccccc2)[nH]n(-c2ccccc2)c1=O)C(F)(F)F. The maximum atomic E-state index is 12.9. The van der Waals surface area contributed by atoms with Crippen LogP contribution in [0.15, 0.2) is 65.5 Å². The van der Waals surface area contributed by atoms with Gasteiger partial charge in [0.2, 0.25) is 0 Å². The van der Waals surface area contributed by atoms with Crippen LogP contribution in [0.3, 0.4) is 0 Å². The summed E-state index contributed by atoms with van der Waals surface area (Å²) in [6, 6.07) is 16.0. The quantitative estimate of drug-likeness (QED) is 0.746. The minimum Gasteiger partial charge on any atom is -0.290 e. The maximum absolute atomic E-state index is 12.9. The summed E-state index contributed by atoms with van der Waals surface area (Å²) in [5.74, 6) is -2.17. The fourth-order valence-electron chi connectivity index (χ4n) is 2.36. The van der Waals surface area contributed by atoms with Gasteiger partial charge in [0.15, 0.2) is 0 Å². The van der Waals surface area contributed by atoms with Gasteiger partial charge in [0, 0.05) is 5.56 Å². The fraction of sp³-hybridized carbons (Fsp3) is 0.0588. The molecule has 0 atom stereocenters. The van der Waals surface area contributed by atoms with Gasteiger partial charge < -0.3 is 0 Å². The lowest BCUT2D eigenvalue weighted by molar-refractivity contribution is -0.0885. The first-order valence-corrected chi connectivity index (χ1v) is 6.97. The Morgan fingerprint density at radius 2 is 1.46 bits per heavy atom. The molecule has 3 rings (SSSR count). The number of ketones is 1. The Bertz CT molecular complexity index is 926. The summed E-state index contributed by atoms with van der Waals surface area (Å²) in [5.41, 5.74) is -1.47. The summed E-state index contributed by atoms with van der Waals surface area (Å²) in [7, 11) is 0. The zero-order chi connectivity index (χ0) is 17.3. The lowest BCUT2D eigenvalue weighted by Crippen LogP contribution is -2.29. The smallest absolute Gasteiger partial charge is 0.290 e. The summed E-state index contributed by atoms with van der Waals surface area (Å²) >= 11 is 0. The summed E-state index contributed by atoms with van der Waals surface area (Å²) in [5, 5.41) is 2.62. The molecule has 1 heterocycles. The Morgan fingerprint density at radius 1 is 0.917 bits per heavy atom. The molecule has 0 saturated heterocycles. The standard InChI is InChI=1S/C17H11F3N2O2/c18-17(19,20)15(23)13-14(11-7-3-1-4-8-11)21-22(16(13)24)12-9-5-2-6-10-12/h1-10,21H. The Morgan fingerprint density at radius 3 is 2.00 bits per heavy atom. The molecule has 0 amide bonds. The number of Topliss-reactive ketones (excluding diaryl/α,β-unsaturated/α-hetero) is 1. The third-order valence-electron chi connectivity index (χ3n) is 3.45. The van der Waals surface area contributed by atoms with Crippen LogP contribution in [-0.2, 0) is 0 Å². The molecule has 7 heteroatoms. The molecule has 4 nitrogen and oxygen atoms in total. The van der Waals surface area contributed by atoms with E-state index >= 15 is 0 Å². The number of hydrogen-bond acceptors (Lipinski definition) is 2. The second-order valence-electron chi connectivity index (χ2n) is 5.03. The molecule has 0 aliphatic rings. The normalized spacial score (nSPS) is 11.5. The molecule has 0 bridgehead atoms. The number of H-pyrrole nitrogens is 1. The number of hydrogen-bond donors (Lipinski definition) is 1. The molecule has 0 aliphatic carbocycles. The van der Waals surface area contributed by atoms with Gasteiger partial charge in [-0.1, -0.05) is 48.5 Å². The van der Waals surface area contributed by atoms with Crippen LogP contribution < -0.4 is 5.56 Å². The van der Waals surface area contributed by atoms with Crippen molar-refractivity contribution in [2.45, 2.75) is 6.18 Å². The van der Waals surface area contributed by atoms with Crippen LogP contribution >= 0.6 is 0 Å². The largest absolute Gasteiger partial charge is 0.455 e. The average molecular weight is 332 g/mol. The molecule has 24 heavy (non-hydrogen) atoms. The van der Waals surface area contributed by atoms with Crippen molar-refractivity contribution in [2.24, 2.45) is 0 Å². The van der Waals surface area contributed by atoms with E-state index in [1.54, 1.807) is 48.5 Å². The summed E-state index contributed by atoms with van der Waals surface area (Å²) in [6.07, 6.45) is -5.14. The predicted molar refractivity (Wildman–Crippen MR) is 82.2 cm³/mol. The predicted octanol–water partition coefficient (Wildman–Crippen LogP) is 3.58. The first kappa shape index (κ1) is 15.8. The minimum atomic E-state index is -5.14. The van der Waals surface area contributed by atoms with Crippen LogP contribution in [0.1, 0.15) is 10.4 Å². The molecular formula is C17H11F3N2O2. The number of aromatic nitrogens is 2. The van der Waals surface area contributed by atoms with Crippen molar-refractivity contribution in [3.8, 4) is 16.9 Å². The molecule has 0 radical (unpaired) electrons. The monoisotopic (exact) mass is 332 g/mol. The van der Waals surface area contributed by atoms with Crippen molar-refractivity contribution in [2.75, 3.05) is 0 Å². The van der Waals surface area contributed by atoms with Crippen LogP contribution in [0.5, 0.6) is 0 Å². The summed E-state index contributed by atoms with van der Waals surface area (Å²) < 4.78 is 39.7. The van der Waals surface area contributed by atoms with Gasteiger partial charge in [0.1, 0.15) is 5.56 Å². The molecular weight excluding hydrogens is 321 g/mol. The van der Waals surface area contributed by atoms with Gasteiger partial charge in [-0.25, -0.2) is 4.68 Å². The van der Waals surface area contributed by atoms with Crippen molar-refractivity contribution in [3.05, 3.63) is 76.6 Å². The van der Waals surface area contributed by atoms with E-state index in [-0.39, 0.29) is 5.69 Å². The molecule has 0 fully saturated rings. The lowest BCUT2D eigenvalue weighted by Gasteiger charge is -2.04. The van der Waals surface area contributed by atoms with E-state index in [9.17, 15) is 22.8 Å². The van der Waals surface area contributed by atoms with Gasteiger partial charge in [-0.3, -0.25) is 14.7 Å². The number of para-hydroxylation sites is 1. The zero-order valence-electron chi connectivity index (χ0n) is 12.2. The highest BCUT2D eigenvalue weighted by molar-refractivity contribution is 6.04. The molecule has 3 aromatic rings. The number of benzene rings is 2. The highest BCUT2D eigenvalue weighted by Crippen LogP contribution is 2.27. The number of aromatic amines is 1. The number of carbonyl (C=O) groups excluding carboxylic acids is 1. The van der Waals surface area contributed by atoms with Crippen molar-refractivity contribution in [3.63, 3.8) is 0 Å². The van der Waals surface area contributed by atoms with Crippen LogP contribution in [0.4, 0.5) is 13.2 Å². The highest BCUT2D eigenvalue weighted by Gasteiger charge is 2.43. The van der Waals surface area contributed by atoms with Gasteiger partial charge in [0.25, 0.3) is 11.3 Å². The Balaban J connectivity index is 2.28. The molecule has 1 aromatic heterocycles. The van der Waals surface area contributed by atoms with Gasteiger partial charge >= 0.3 is 6.18 Å². The Kier molecular flexibility index (Phi) is 3.84. The van der Waals surface area contributed by atoms with Crippen LogP contribution in [-0.4, -0.2) is 21.7 Å². The number of rotatable bonds is 3. The Hall–Kier alpha value is -3.09. The number of halogens is 3. The van der Waals surface area contributed by atoms with Crippen LogP contribution in [0.25, 0.3) is 16.9 Å². The van der Waals surface area contributed by atoms with E-state index in [2.05, 4.69) is 5.10 Å². The first-order chi connectivity index (χ1) is 11.4. The third-order valence-corrected chi connectivity index (χ3v) is 3.45. The van der Waals surface area contributed by atoms with Gasteiger partial charge in [-0.15, -0.1) is 0 Å². The minimum absolute atomic E-state index is 0.160. The summed E-state index contributed by atoms with van der Waals surface area (Å²) in [6.45, 7) is 0. The van der Waals surface area contributed by atoms with E-state index in [1.165, 1.54) is 12.1 Å². The van der Waals surface area contributed by atoms with Crippen molar-refractivity contribution >= 4 is 5.78 Å². The van der Waals surface area contributed by atoms with E-state index < -0.39 is 23.1 Å².